The van der Waals surface area contributed by atoms with E-state index < -0.39 is 0 Å². The molecule has 0 aromatic heterocycles. The molecule has 134 valence electrons. The molecule has 0 aliphatic carbocycles. The molecule has 2 rings (SSSR count). The predicted molar refractivity (Wildman–Crippen MR) is 98.4 cm³/mol. The number of likely N-dealkylation sites (tertiary alicyclic amines) is 1. The molecule has 1 aliphatic heterocycles. The highest BCUT2D eigenvalue weighted by atomic mass is 16.5. The van der Waals surface area contributed by atoms with Crippen LogP contribution in [0.3, 0.4) is 0 Å². The van der Waals surface area contributed by atoms with Crippen molar-refractivity contribution in [2.75, 3.05) is 32.8 Å². The van der Waals surface area contributed by atoms with Crippen LogP contribution < -0.4 is 10.1 Å². The fraction of sp³-hybridized carbons (Fsp3) is 0.650. The van der Waals surface area contributed by atoms with Crippen LogP contribution in [0, 0.1) is 6.92 Å². The van der Waals surface area contributed by atoms with Crippen molar-refractivity contribution >= 4 is 5.91 Å². The van der Waals surface area contributed by atoms with E-state index >= 15 is 0 Å². The lowest BCUT2D eigenvalue weighted by Crippen LogP contribution is -2.29. The summed E-state index contributed by atoms with van der Waals surface area (Å²) in [5.74, 6) is 0.748. The lowest BCUT2D eigenvalue weighted by atomic mass is 10.1. The maximum atomic E-state index is 11.8. The molecule has 0 radical (unpaired) electrons. The normalized spacial score (nSPS) is 14.7. The van der Waals surface area contributed by atoms with Crippen molar-refractivity contribution in [3.63, 3.8) is 0 Å². The van der Waals surface area contributed by atoms with Gasteiger partial charge in [-0.1, -0.05) is 37.5 Å². The number of aryl methyl sites for hydroxylation is 1. The molecule has 1 aromatic carbocycles. The molecule has 1 fully saturated rings. The lowest BCUT2D eigenvalue weighted by Gasteiger charge is -2.13. The summed E-state index contributed by atoms with van der Waals surface area (Å²) in [5, 5.41) is 2.94. The molecule has 1 N–H and O–H groups in total. The lowest BCUT2D eigenvalue weighted by molar-refractivity contribution is -0.123. The van der Waals surface area contributed by atoms with Gasteiger partial charge in [-0.05, 0) is 63.9 Å². The molecule has 4 heteroatoms. The number of hydrogen-bond acceptors (Lipinski definition) is 3. The van der Waals surface area contributed by atoms with E-state index in [0.717, 1.165) is 24.3 Å². The Balaban J connectivity index is 1.41. The summed E-state index contributed by atoms with van der Waals surface area (Å²) < 4.78 is 5.54. The van der Waals surface area contributed by atoms with E-state index in [0.29, 0.717) is 0 Å². The van der Waals surface area contributed by atoms with Crippen LogP contribution in [0.1, 0.15) is 50.5 Å². The number of nitrogens with one attached hydrogen (secondary N) is 1. The van der Waals surface area contributed by atoms with Gasteiger partial charge in [-0.3, -0.25) is 4.79 Å². The molecule has 0 bridgehead atoms. The Kier molecular flexibility index (Phi) is 8.67. The molecule has 1 aliphatic rings. The van der Waals surface area contributed by atoms with Gasteiger partial charge in [0.05, 0.1) is 0 Å². The summed E-state index contributed by atoms with van der Waals surface area (Å²) in [6, 6.07) is 7.76. The standard InChI is InChI=1S/C20H32N2O2/c1-18-11-5-6-12-19(18)24-17-20(23)21-13-7-3-2-4-8-14-22-15-9-10-16-22/h5-6,11-12H,2-4,7-10,13-17H2,1H3,(H,21,23). The number of unbranched alkanes of at least 4 members (excludes halogenated alkanes) is 4. The van der Waals surface area contributed by atoms with Crippen molar-refractivity contribution in [1.29, 1.82) is 0 Å². The van der Waals surface area contributed by atoms with Crippen molar-refractivity contribution in [3.8, 4) is 5.75 Å². The van der Waals surface area contributed by atoms with Crippen molar-refractivity contribution in [2.24, 2.45) is 0 Å². The monoisotopic (exact) mass is 332 g/mol. The van der Waals surface area contributed by atoms with Crippen LogP contribution in [0.15, 0.2) is 24.3 Å². The third-order valence-corrected chi connectivity index (χ3v) is 4.62. The van der Waals surface area contributed by atoms with Gasteiger partial charge in [0.25, 0.3) is 5.91 Å². The average Bonchev–Trinajstić information content (AvgIpc) is 3.10. The molecule has 0 spiro atoms. The van der Waals surface area contributed by atoms with Gasteiger partial charge < -0.3 is 15.0 Å². The van der Waals surface area contributed by atoms with Gasteiger partial charge in [-0.25, -0.2) is 0 Å². The van der Waals surface area contributed by atoms with Crippen LogP contribution in [0.5, 0.6) is 5.75 Å². The van der Waals surface area contributed by atoms with Crippen LogP contribution in [-0.2, 0) is 4.79 Å². The molecular weight excluding hydrogens is 300 g/mol. The molecule has 0 unspecified atom stereocenters. The Labute approximate surface area is 146 Å². The maximum absolute atomic E-state index is 11.8. The highest BCUT2D eigenvalue weighted by molar-refractivity contribution is 5.77. The Bertz CT molecular complexity index is 484. The van der Waals surface area contributed by atoms with Crippen LogP contribution in [0.2, 0.25) is 0 Å². The van der Waals surface area contributed by atoms with E-state index in [1.54, 1.807) is 0 Å². The summed E-state index contributed by atoms with van der Waals surface area (Å²) in [4.78, 5) is 14.3. The van der Waals surface area contributed by atoms with Crippen molar-refractivity contribution in [3.05, 3.63) is 29.8 Å². The van der Waals surface area contributed by atoms with Crippen LogP contribution >= 0.6 is 0 Å². The minimum Gasteiger partial charge on any atom is -0.484 e. The minimum atomic E-state index is -0.0349. The molecule has 0 saturated carbocycles. The van der Waals surface area contributed by atoms with E-state index in [1.807, 2.05) is 31.2 Å². The zero-order valence-corrected chi connectivity index (χ0v) is 15.1. The van der Waals surface area contributed by atoms with Crippen molar-refractivity contribution < 1.29 is 9.53 Å². The first-order valence-corrected chi connectivity index (χ1v) is 9.43. The number of benzene rings is 1. The van der Waals surface area contributed by atoms with Gasteiger partial charge >= 0.3 is 0 Å². The van der Waals surface area contributed by atoms with Gasteiger partial charge in [0.2, 0.25) is 0 Å². The fourth-order valence-corrected chi connectivity index (χ4v) is 3.14. The molecule has 0 atom stereocenters. The van der Waals surface area contributed by atoms with Crippen LogP contribution in [-0.4, -0.2) is 43.6 Å². The molecule has 1 saturated heterocycles. The second kappa shape index (κ2) is 11.1. The van der Waals surface area contributed by atoms with Gasteiger partial charge in [0.15, 0.2) is 6.61 Å². The first-order valence-electron chi connectivity index (χ1n) is 9.43. The third-order valence-electron chi connectivity index (χ3n) is 4.62. The van der Waals surface area contributed by atoms with Crippen molar-refractivity contribution in [2.45, 2.75) is 51.9 Å². The number of nitrogens with zero attached hydrogens (tertiary/aromatic N) is 1. The molecule has 4 nitrogen and oxygen atoms in total. The summed E-state index contributed by atoms with van der Waals surface area (Å²) in [7, 11) is 0. The first kappa shape index (κ1) is 18.8. The highest BCUT2D eigenvalue weighted by Gasteiger charge is 2.09. The molecular formula is C20H32N2O2. The Morgan fingerprint density at radius 1 is 1.08 bits per heavy atom. The topological polar surface area (TPSA) is 41.6 Å². The summed E-state index contributed by atoms with van der Waals surface area (Å²) in [5.41, 5.74) is 1.05. The quantitative estimate of drug-likeness (QED) is 0.630. The molecule has 1 heterocycles. The van der Waals surface area contributed by atoms with Gasteiger partial charge in [-0.15, -0.1) is 0 Å². The second-order valence-electron chi connectivity index (χ2n) is 6.72. The van der Waals surface area contributed by atoms with E-state index in [9.17, 15) is 4.79 Å². The molecule has 1 amide bonds. The van der Waals surface area contributed by atoms with Crippen LogP contribution in [0.4, 0.5) is 0 Å². The number of para-hydroxylation sites is 1. The summed E-state index contributed by atoms with van der Waals surface area (Å²) in [6.45, 7) is 6.71. The number of ether oxygens (including phenoxy) is 1. The largest absolute Gasteiger partial charge is 0.484 e. The Hall–Kier alpha value is -1.55. The number of hydrogen-bond donors (Lipinski definition) is 1. The zero-order chi connectivity index (χ0) is 17.0. The zero-order valence-electron chi connectivity index (χ0n) is 15.1. The molecule has 24 heavy (non-hydrogen) atoms. The van der Waals surface area contributed by atoms with E-state index in [1.165, 1.54) is 58.2 Å². The predicted octanol–water partition coefficient (Wildman–Crippen LogP) is 3.54. The third kappa shape index (κ3) is 7.35. The maximum Gasteiger partial charge on any atom is 0.257 e. The second-order valence-corrected chi connectivity index (χ2v) is 6.72. The smallest absolute Gasteiger partial charge is 0.257 e. The van der Waals surface area contributed by atoms with Crippen LogP contribution in [0.25, 0.3) is 0 Å². The Morgan fingerprint density at radius 3 is 2.58 bits per heavy atom. The summed E-state index contributed by atoms with van der Waals surface area (Å²) >= 11 is 0. The number of carbonyl (C=O) groups is 1. The van der Waals surface area contributed by atoms with Gasteiger partial charge in [-0.2, -0.15) is 0 Å². The van der Waals surface area contributed by atoms with E-state index in [2.05, 4.69) is 10.2 Å². The highest BCUT2D eigenvalue weighted by Crippen LogP contribution is 2.15. The van der Waals surface area contributed by atoms with Gasteiger partial charge in [0.1, 0.15) is 5.75 Å². The van der Waals surface area contributed by atoms with E-state index in [-0.39, 0.29) is 12.5 Å². The minimum absolute atomic E-state index is 0.0349. The fourth-order valence-electron chi connectivity index (χ4n) is 3.14. The Morgan fingerprint density at radius 2 is 1.79 bits per heavy atom. The van der Waals surface area contributed by atoms with E-state index in [4.69, 9.17) is 4.74 Å². The summed E-state index contributed by atoms with van der Waals surface area (Å²) in [6.07, 6.45) is 8.90. The first-order chi connectivity index (χ1) is 11.8. The average molecular weight is 332 g/mol. The number of rotatable bonds is 11. The van der Waals surface area contributed by atoms with Gasteiger partial charge in [0, 0.05) is 6.54 Å². The molecule has 1 aromatic rings. The number of carbonyl (C=O) groups excluding carboxylic acids is 1. The number of amides is 1. The SMILES string of the molecule is Cc1ccccc1OCC(=O)NCCCCCCCN1CCCC1. The van der Waals surface area contributed by atoms with Crippen molar-refractivity contribution in [1.82, 2.24) is 10.2 Å².